The molecular weight excluding hydrogens is 118 g/mol. The van der Waals surface area contributed by atoms with Crippen LogP contribution in [0, 0.1) is 0 Å². The van der Waals surface area contributed by atoms with Gasteiger partial charge in [0, 0.05) is 19.5 Å². The van der Waals surface area contributed by atoms with Gasteiger partial charge in [-0.15, -0.1) is 0 Å². The summed E-state index contributed by atoms with van der Waals surface area (Å²) in [6, 6.07) is 0. The highest BCUT2D eigenvalue weighted by Crippen LogP contribution is 1.93. The van der Waals surface area contributed by atoms with Gasteiger partial charge in [-0.1, -0.05) is 6.92 Å². The predicted molar refractivity (Wildman–Crippen MR) is 35.4 cm³/mol. The van der Waals surface area contributed by atoms with E-state index in [1.165, 1.54) is 13.1 Å². The van der Waals surface area contributed by atoms with Crippen LogP contribution >= 0.6 is 0 Å². The van der Waals surface area contributed by atoms with Crippen LogP contribution in [0.25, 0.3) is 0 Å². The second-order valence-corrected chi connectivity index (χ2v) is 2.05. The third kappa shape index (κ3) is 11.2. The Morgan fingerprint density at radius 1 is 1.67 bits per heavy atom. The van der Waals surface area contributed by atoms with Gasteiger partial charge < -0.3 is 10.0 Å². The van der Waals surface area contributed by atoms with Crippen LogP contribution in [0.2, 0.25) is 0 Å². The normalized spacial score (nSPS) is 15.8. The molecule has 0 atom stereocenters. The number of nitrogens with zero attached hydrogens (tertiary/aromatic N) is 1. The van der Waals surface area contributed by atoms with E-state index in [9.17, 15) is 4.79 Å². The summed E-state index contributed by atoms with van der Waals surface area (Å²) in [6.45, 7) is 4.24. The van der Waals surface area contributed by atoms with Crippen molar-refractivity contribution in [3.63, 3.8) is 0 Å². The topological polar surface area (TPSA) is 40.3 Å². The molecule has 0 aromatic heterocycles. The molecular formula is C6H13NO2. The molecule has 0 unspecified atom stereocenters. The molecule has 0 saturated carbocycles. The van der Waals surface area contributed by atoms with Crippen molar-refractivity contribution in [2.24, 2.45) is 0 Å². The van der Waals surface area contributed by atoms with Gasteiger partial charge in [0.15, 0.2) is 0 Å². The highest BCUT2D eigenvalue weighted by Gasteiger charge is 2.07. The zero-order chi connectivity index (χ0) is 7.28. The molecule has 1 aliphatic heterocycles. The lowest BCUT2D eigenvalue weighted by molar-refractivity contribution is -0.136. The molecule has 0 aromatic carbocycles. The van der Waals surface area contributed by atoms with Crippen molar-refractivity contribution in [3.8, 4) is 0 Å². The Labute approximate surface area is 55.3 Å². The monoisotopic (exact) mass is 131 g/mol. The first-order valence-electron chi connectivity index (χ1n) is 3.07. The largest absolute Gasteiger partial charge is 0.481 e. The lowest BCUT2D eigenvalue weighted by atomic mass is 10.5. The van der Waals surface area contributed by atoms with Gasteiger partial charge in [0.05, 0.1) is 0 Å². The first-order valence-corrected chi connectivity index (χ1v) is 3.07. The van der Waals surface area contributed by atoms with Crippen LogP contribution in [0.15, 0.2) is 0 Å². The Kier molecular flexibility index (Phi) is 4.05. The minimum Gasteiger partial charge on any atom is -0.481 e. The molecule has 0 amide bonds. The van der Waals surface area contributed by atoms with Crippen LogP contribution < -0.4 is 0 Å². The van der Waals surface area contributed by atoms with E-state index in [-0.39, 0.29) is 6.42 Å². The zero-order valence-corrected chi connectivity index (χ0v) is 5.92. The number of hydrogen-bond donors (Lipinski definition) is 1. The summed E-state index contributed by atoms with van der Waals surface area (Å²) in [5.74, 6) is -0.745. The second-order valence-electron chi connectivity index (χ2n) is 2.05. The van der Waals surface area contributed by atoms with E-state index in [0.717, 1.165) is 0 Å². The molecule has 1 N–H and O–H groups in total. The first kappa shape index (κ1) is 8.43. The minimum atomic E-state index is -0.745. The number of hydrogen-bond acceptors (Lipinski definition) is 2. The highest BCUT2D eigenvalue weighted by molar-refractivity contribution is 5.66. The third-order valence-electron chi connectivity index (χ3n) is 0.973. The zero-order valence-electron chi connectivity index (χ0n) is 5.92. The van der Waals surface area contributed by atoms with E-state index in [0.29, 0.717) is 0 Å². The molecule has 54 valence electrons. The standard InChI is InChI=1S/C3H7N.C3H6O2/c1-4-2-3-4;1-2-3(4)5/h2-3H2,1H3;2H2,1H3,(H,4,5). The second kappa shape index (κ2) is 4.32. The molecule has 1 aliphatic rings. The summed E-state index contributed by atoms with van der Waals surface area (Å²) in [4.78, 5) is 11.6. The molecule has 3 heteroatoms. The number of aliphatic carboxylic acids is 1. The summed E-state index contributed by atoms with van der Waals surface area (Å²) < 4.78 is 0. The van der Waals surface area contributed by atoms with Crippen LogP contribution in [0.4, 0.5) is 0 Å². The molecule has 1 saturated heterocycles. The number of carboxylic acids is 1. The van der Waals surface area contributed by atoms with Gasteiger partial charge in [0.25, 0.3) is 0 Å². The molecule has 3 nitrogen and oxygen atoms in total. The quantitative estimate of drug-likeness (QED) is 0.524. The number of likely N-dealkylation sites (N-methyl/N-ethyl adjacent to an activating group) is 1. The predicted octanol–water partition coefficient (Wildman–Crippen LogP) is 0.413. The van der Waals surface area contributed by atoms with Gasteiger partial charge in [-0.2, -0.15) is 0 Å². The van der Waals surface area contributed by atoms with Gasteiger partial charge in [0.1, 0.15) is 0 Å². The molecule has 0 bridgehead atoms. The number of rotatable bonds is 1. The molecule has 0 aliphatic carbocycles. The number of carboxylic acid groups (broad SMARTS) is 1. The van der Waals surface area contributed by atoms with Gasteiger partial charge in [-0.05, 0) is 7.05 Å². The Morgan fingerprint density at radius 3 is 1.89 bits per heavy atom. The fourth-order valence-electron chi connectivity index (χ4n) is 0.1000. The van der Waals surface area contributed by atoms with E-state index >= 15 is 0 Å². The van der Waals surface area contributed by atoms with Gasteiger partial charge in [0.2, 0.25) is 0 Å². The Balaban J connectivity index is 0.000000144. The maximum atomic E-state index is 9.37. The number of carbonyl (C=O) groups is 1. The highest BCUT2D eigenvalue weighted by atomic mass is 16.4. The molecule has 1 fully saturated rings. The molecule has 0 spiro atoms. The summed E-state index contributed by atoms with van der Waals surface area (Å²) in [6.07, 6.45) is 0.222. The molecule has 1 rings (SSSR count). The summed E-state index contributed by atoms with van der Waals surface area (Å²) in [5.41, 5.74) is 0. The van der Waals surface area contributed by atoms with E-state index < -0.39 is 5.97 Å². The molecule has 0 radical (unpaired) electrons. The van der Waals surface area contributed by atoms with Gasteiger partial charge in [-0.25, -0.2) is 0 Å². The fraction of sp³-hybridized carbons (Fsp3) is 0.833. The summed E-state index contributed by atoms with van der Waals surface area (Å²) in [5, 5.41) is 7.72. The van der Waals surface area contributed by atoms with Crippen LogP contribution in [0.5, 0.6) is 0 Å². The van der Waals surface area contributed by atoms with E-state index in [4.69, 9.17) is 5.11 Å². The Bertz CT molecular complexity index is 89.1. The fourth-order valence-corrected chi connectivity index (χ4v) is 0.1000. The van der Waals surface area contributed by atoms with Crippen LogP contribution in [-0.4, -0.2) is 36.1 Å². The van der Waals surface area contributed by atoms with Gasteiger partial charge in [-0.3, -0.25) is 4.79 Å². The van der Waals surface area contributed by atoms with Crippen LogP contribution in [0.3, 0.4) is 0 Å². The Hall–Kier alpha value is -0.570. The first-order chi connectivity index (χ1) is 4.16. The lowest BCUT2D eigenvalue weighted by Gasteiger charge is -1.71. The molecule has 9 heavy (non-hydrogen) atoms. The van der Waals surface area contributed by atoms with Crippen LogP contribution in [0.1, 0.15) is 13.3 Å². The van der Waals surface area contributed by atoms with E-state index in [1.54, 1.807) is 6.92 Å². The van der Waals surface area contributed by atoms with Crippen LogP contribution in [-0.2, 0) is 4.79 Å². The van der Waals surface area contributed by atoms with Crippen molar-refractivity contribution >= 4 is 5.97 Å². The molecule has 0 aromatic rings. The van der Waals surface area contributed by atoms with Gasteiger partial charge >= 0.3 is 5.97 Å². The van der Waals surface area contributed by atoms with Crippen molar-refractivity contribution < 1.29 is 9.90 Å². The maximum Gasteiger partial charge on any atom is 0.303 e. The average molecular weight is 131 g/mol. The maximum absolute atomic E-state index is 9.37. The van der Waals surface area contributed by atoms with E-state index in [2.05, 4.69) is 11.9 Å². The Morgan fingerprint density at radius 2 is 1.89 bits per heavy atom. The van der Waals surface area contributed by atoms with E-state index in [1.807, 2.05) is 0 Å². The van der Waals surface area contributed by atoms with Crippen molar-refractivity contribution in [2.75, 3.05) is 20.1 Å². The minimum absolute atomic E-state index is 0.222. The molecule has 1 heterocycles. The lowest BCUT2D eigenvalue weighted by Crippen LogP contribution is -1.86. The summed E-state index contributed by atoms with van der Waals surface area (Å²) in [7, 11) is 2.11. The van der Waals surface area contributed by atoms with Crippen molar-refractivity contribution in [2.45, 2.75) is 13.3 Å². The third-order valence-corrected chi connectivity index (χ3v) is 0.973. The SMILES string of the molecule is CCC(=O)O.CN1CC1. The van der Waals surface area contributed by atoms with Crippen molar-refractivity contribution in [3.05, 3.63) is 0 Å². The van der Waals surface area contributed by atoms with Crippen molar-refractivity contribution in [1.82, 2.24) is 4.90 Å². The summed E-state index contributed by atoms with van der Waals surface area (Å²) >= 11 is 0. The smallest absolute Gasteiger partial charge is 0.303 e. The average Bonchev–Trinajstić information content (AvgIpc) is 2.53. The van der Waals surface area contributed by atoms with Crippen molar-refractivity contribution in [1.29, 1.82) is 0 Å².